The molecule has 146 valence electrons. The largest absolute Gasteiger partial charge is 0.497 e. The van der Waals surface area contributed by atoms with Crippen molar-refractivity contribution in [1.29, 1.82) is 0 Å². The zero-order chi connectivity index (χ0) is 19.7. The van der Waals surface area contributed by atoms with Gasteiger partial charge >= 0.3 is 6.03 Å². The number of methoxy groups -OCH3 is 1. The van der Waals surface area contributed by atoms with Gasteiger partial charge in [0, 0.05) is 12.6 Å². The fourth-order valence-corrected chi connectivity index (χ4v) is 3.75. The third-order valence-electron chi connectivity index (χ3n) is 4.16. The highest BCUT2D eigenvalue weighted by molar-refractivity contribution is 7.91. The SMILES string of the molecule is COc1ccc(CCC(C)NC(=O)NCCS(=O)(=O)c2ccccc2)cc1. The molecule has 0 fully saturated rings. The minimum absolute atomic E-state index is 0.0298. The van der Waals surface area contributed by atoms with Gasteiger partial charge in [-0.25, -0.2) is 13.2 Å². The first-order valence-electron chi connectivity index (χ1n) is 8.86. The lowest BCUT2D eigenvalue weighted by molar-refractivity contribution is 0.238. The molecule has 7 heteroatoms. The lowest BCUT2D eigenvalue weighted by Crippen LogP contribution is -2.42. The van der Waals surface area contributed by atoms with E-state index < -0.39 is 9.84 Å². The number of urea groups is 1. The number of carbonyl (C=O) groups excluding carboxylic acids is 1. The van der Waals surface area contributed by atoms with Crippen molar-refractivity contribution < 1.29 is 17.9 Å². The summed E-state index contributed by atoms with van der Waals surface area (Å²) in [6, 6.07) is 15.7. The number of nitrogens with one attached hydrogen (secondary N) is 2. The summed E-state index contributed by atoms with van der Waals surface area (Å²) in [4.78, 5) is 12.2. The van der Waals surface area contributed by atoms with Crippen molar-refractivity contribution in [2.75, 3.05) is 19.4 Å². The first-order chi connectivity index (χ1) is 12.9. The van der Waals surface area contributed by atoms with Crippen LogP contribution >= 0.6 is 0 Å². The molecule has 2 aromatic rings. The Morgan fingerprint density at radius 2 is 1.74 bits per heavy atom. The van der Waals surface area contributed by atoms with Crippen LogP contribution in [-0.4, -0.2) is 39.9 Å². The summed E-state index contributed by atoms with van der Waals surface area (Å²) in [6.45, 7) is 1.98. The fourth-order valence-electron chi connectivity index (χ4n) is 2.57. The summed E-state index contributed by atoms with van der Waals surface area (Å²) in [5.41, 5.74) is 1.17. The van der Waals surface area contributed by atoms with Crippen molar-refractivity contribution in [2.24, 2.45) is 0 Å². The molecule has 27 heavy (non-hydrogen) atoms. The predicted molar refractivity (Wildman–Crippen MR) is 106 cm³/mol. The Morgan fingerprint density at radius 3 is 2.37 bits per heavy atom. The number of aryl methyl sites for hydroxylation is 1. The van der Waals surface area contributed by atoms with Crippen molar-refractivity contribution in [3.8, 4) is 5.75 Å². The molecule has 0 heterocycles. The van der Waals surface area contributed by atoms with Gasteiger partial charge in [0.25, 0.3) is 0 Å². The molecule has 0 aliphatic carbocycles. The average Bonchev–Trinajstić information content (AvgIpc) is 2.67. The summed E-state index contributed by atoms with van der Waals surface area (Å²) in [6.07, 6.45) is 1.61. The second-order valence-corrected chi connectivity index (χ2v) is 8.43. The van der Waals surface area contributed by atoms with Gasteiger partial charge in [-0.2, -0.15) is 0 Å². The lowest BCUT2D eigenvalue weighted by atomic mass is 10.1. The van der Waals surface area contributed by atoms with Crippen LogP contribution in [0.25, 0.3) is 0 Å². The molecule has 1 unspecified atom stereocenters. The van der Waals surface area contributed by atoms with Crippen molar-refractivity contribution in [2.45, 2.75) is 30.7 Å². The summed E-state index contributed by atoms with van der Waals surface area (Å²) in [7, 11) is -1.76. The van der Waals surface area contributed by atoms with Gasteiger partial charge < -0.3 is 15.4 Å². The van der Waals surface area contributed by atoms with Gasteiger partial charge in [0.2, 0.25) is 0 Å². The number of amides is 2. The van der Waals surface area contributed by atoms with Crippen molar-refractivity contribution in [1.82, 2.24) is 10.6 Å². The molecule has 2 rings (SSSR count). The molecule has 1 atom stereocenters. The van der Waals surface area contributed by atoms with E-state index in [9.17, 15) is 13.2 Å². The van der Waals surface area contributed by atoms with Crippen LogP contribution in [0.4, 0.5) is 4.79 Å². The third-order valence-corrected chi connectivity index (χ3v) is 5.89. The van der Waals surface area contributed by atoms with Crippen LogP contribution < -0.4 is 15.4 Å². The van der Waals surface area contributed by atoms with Crippen LogP contribution in [0.1, 0.15) is 18.9 Å². The van der Waals surface area contributed by atoms with Gasteiger partial charge in [0.1, 0.15) is 5.75 Å². The van der Waals surface area contributed by atoms with Gasteiger partial charge in [0.05, 0.1) is 17.8 Å². The zero-order valence-electron chi connectivity index (χ0n) is 15.6. The molecule has 2 aromatic carbocycles. The number of rotatable bonds is 9. The minimum atomic E-state index is -3.39. The number of carbonyl (C=O) groups is 1. The third kappa shape index (κ3) is 6.94. The van der Waals surface area contributed by atoms with Crippen LogP contribution in [0, 0.1) is 0 Å². The number of benzene rings is 2. The van der Waals surface area contributed by atoms with E-state index in [1.165, 1.54) is 5.56 Å². The molecule has 0 radical (unpaired) electrons. The Kier molecular flexibility index (Phi) is 7.67. The monoisotopic (exact) mass is 390 g/mol. The molecule has 0 aliphatic rings. The molecule has 2 N–H and O–H groups in total. The maximum Gasteiger partial charge on any atom is 0.315 e. The average molecular weight is 391 g/mol. The Bertz CT molecular complexity index is 821. The van der Waals surface area contributed by atoms with Gasteiger partial charge in [-0.3, -0.25) is 0 Å². The molecule has 0 saturated carbocycles. The zero-order valence-corrected chi connectivity index (χ0v) is 16.5. The van der Waals surface area contributed by atoms with Crippen molar-refractivity contribution in [3.05, 3.63) is 60.2 Å². The normalized spacial score (nSPS) is 12.2. The number of sulfone groups is 1. The van der Waals surface area contributed by atoms with Crippen LogP contribution in [-0.2, 0) is 16.3 Å². The second kappa shape index (κ2) is 9.97. The molecule has 0 aromatic heterocycles. The van der Waals surface area contributed by atoms with Crippen LogP contribution in [0.3, 0.4) is 0 Å². The Labute approximate surface area is 160 Å². The van der Waals surface area contributed by atoms with Crippen LogP contribution in [0.15, 0.2) is 59.5 Å². The number of hydrogen-bond donors (Lipinski definition) is 2. The van der Waals surface area contributed by atoms with Crippen molar-refractivity contribution >= 4 is 15.9 Å². The molecular weight excluding hydrogens is 364 g/mol. The topological polar surface area (TPSA) is 84.5 Å². The van der Waals surface area contributed by atoms with E-state index in [0.29, 0.717) is 0 Å². The van der Waals surface area contributed by atoms with E-state index in [2.05, 4.69) is 10.6 Å². The first-order valence-corrected chi connectivity index (χ1v) is 10.5. The van der Waals surface area contributed by atoms with Gasteiger partial charge in [-0.05, 0) is 49.6 Å². The molecule has 0 spiro atoms. The maximum absolute atomic E-state index is 12.2. The molecular formula is C20H26N2O4S. The maximum atomic E-state index is 12.2. The van der Waals surface area contributed by atoms with E-state index in [0.717, 1.165) is 18.6 Å². The van der Waals surface area contributed by atoms with E-state index in [-0.39, 0.29) is 29.3 Å². The van der Waals surface area contributed by atoms with Crippen LogP contribution in [0.5, 0.6) is 5.75 Å². The second-order valence-electron chi connectivity index (χ2n) is 6.32. The van der Waals surface area contributed by atoms with Gasteiger partial charge in [-0.1, -0.05) is 30.3 Å². The van der Waals surface area contributed by atoms with E-state index in [1.54, 1.807) is 37.4 Å². The smallest absolute Gasteiger partial charge is 0.315 e. The summed E-state index contributed by atoms with van der Waals surface area (Å²) in [5.74, 6) is 0.680. The highest BCUT2D eigenvalue weighted by Crippen LogP contribution is 2.13. The van der Waals surface area contributed by atoms with Crippen LogP contribution in [0.2, 0.25) is 0 Å². The molecule has 6 nitrogen and oxygen atoms in total. The molecule has 0 aliphatic heterocycles. The quantitative estimate of drug-likeness (QED) is 0.690. The Balaban J connectivity index is 1.70. The highest BCUT2D eigenvalue weighted by Gasteiger charge is 2.14. The summed E-state index contributed by atoms with van der Waals surface area (Å²) >= 11 is 0. The Hall–Kier alpha value is -2.54. The molecule has 0 saturated heterocycles. The van der Waals surface area contributed by atoms with Crippen molar-refractivity contribution in [3.63, 3.8) is 0 Å². The fraction of sp³-hybridized carbons (Fsp3) is 0.350. The van der Waals surface area contributed by atoms with E-state index in [1.807, 2.05) is 31.2 Å². The standard InChI is InChI=1S/C20H26N2O4S/c1-16(8-9-17-10-12-18(26-2)13-11-17)22-20(23)21-14-15-27(24,25)19-6-4-3-5-7-19/h3-7,10-13,16H,8-9,14-15H2,1-2H3,(H2,21,22,23). The Morgan fingerprint density at radius 1 is 1.07 bits per heavy atom. The van der Waals surface area contributed by atoms with Gasteiger partial charge in [-0.15, -0.1) is 0 Å². The highest BCUT2D eigenvalue weighted by atomic mass is 32.2. The minimum Gasteiger partial charge on any atom is -0.497 e. The summed E-state index contributed by atoms with van der Waals surface area (Å²) < 4.78 is 29.4. The predicted octanol–water partition coefficient (Wildman–Crippen LogP) is 2.79. The lowest BCUT2D eigenvalue weighted by Gasteiger charge is -2.15. The number of hydrogen-bond acceptors (Lipinski definition) is 4. The van der Waals surface area contributed by atoms with E-state index in [4.69, 9.17) is 4.74 Å². The molecule has 2 amide bonds. The van der Waals surface area contributed by atoms with E-state index >= 15 is 0 Å². The first kappa shape index (κ1) is 20.8. The summed E-state index contributed by atoms with van der Waals surface area (Å²) in [5, 5.41) is 5.44. The van der Waals surface area contributed by atoms with Gasteiger partial charge in [0.15, 0.2) is 9.84 Å². The number of ether oxygens (including phenoxy) is 1. The molecule has 0 bridgehead atoms.